The summed E-state index contributed by atoms with van der Waals surface area (Å²) < 4.78 is 0.857. The summed E-state index contributed by atoms with van der Waals surface area (Å²) in [5.74, 6) is 0. The van der Waals surface area contributed by atoms with Gasteiger partial charge in [-0.15, -0.1) is 0 Å². The quantitative estimate of drug-likeness (QED) is 0.769. The molecule has 2 nitrogen and oxygen atoms in total. The van der Waals surface area contributed by atoms with E-state index in [0.29, 0.717) is 0 Å². The number of nitrogen functional groups attached to an aromatic ring is 1. The second-order valence-corrected chi connectivity index (χ2v) is 3.27. The van der Waals surface area contributed by atoms with Gasteiger partial charge >= 0.3 is 0 Å². The lowest BCUT2D eigenvalue weighted by Gasteiger charge is -2.02. The molecular formula is C8H11BrN2. The Balaban J connectivity index is 2.93. The second-order valence-electron chi connectivity index (χ2n) is 2.46. The molecule has 0 aliphatic heterocycles. The first-order chi connectivity index (χ1) is 5.24. The van der Waals surface area contributed by atoms with Gasteiger partial charge in [-0.3, -0.25) is 0 Å². The molecule has 0 bridgehead atoms. The number of hydrogen-bond acceptors (Lipinski definition) is 2. The van der Waals surface area contributed by atoms with Crippen molar-refractivity contribution < 1.29 is 0 Å². The average molecular weight is 215 g/mol. The van der Waals surface area contributed by atoms with Crippen LogP contribution in [-0.4, -0.2) is 4.98 Å². The van der Waals surface area contributed by atoms with E-state index < -0.39 is 0 Å². The van der Waals surface area contributed by atoms with Crippen LogP contribution in [-0.2, 0) is 6.42 Å². The van der Waals surface area contributed by atoms with Gasteiger partial charge in [-0.2, -0.15) is 0 Å². The normalized spacial score (nSPS) is 10.0. The van der Waals surface area contributed by atoms with Crippen LogP contribution < -0.4 is 5.73 Å². The summed E-state index contributed by atoms with van der Waals surface area (Å²) in [5.41, 5.74) is 7.65. The Bertz CT molecular complexity index is 248. The maximum absolute atomic E-state index is 5.69. The van der Waals surface area contributed by atoms with Crippen molar-refractivity contribution >= 4 is 21.6 Å². The summed E-state index contributed by atoms with van der Waals surface area (Å²) in [6, 6.07) is 1.97. The van der Waals surface area contributed by atoms with Gasteiger partial charge in [0.25, 0.3) is 0 Å². The topological polar surface area (TPSA) is 38.9 Å². The molecular weight excluding hydrogens is 204 g/mol. The number of rotatable bonds is 2. The van der Waals surface area contributed by atoms with Crippen molar-refractivity contribution in [3.05, 3.63) is 22.4 Å². The number of anilines is 1. The summed E-state index contributed by atoms with van der Waals surface area (Å²) in [7, 11) is 0. The first-order valence-corrected chi connectivity index (χ1v) is 4.43. The number of nitrogens with two attached hydrogens (primary N) is 1. The van der Waals surface area contributed by atoms with Crippen LogP contribution in [0.5, 0.6) is 0 Å². The van der Waals surface area contributed by atoms with Gasteiger partial charge in [-0.25, -0.2) is 4.98 Å². The molecule has 11 heavy (non-hydrogen) atoms. The Morgan fingerprint density at radius 2 is 2.36 bits per heavy atom. The molecule has 0 saturated carbocycles. The highest BCUT2D eigenvalue weighted by Crippen LogP contribution is 2.16. The van der Waals surface area contributed by atoms with Gasteiger partial charge in [-0.1, -0.05) is 13.3 Å². The third-order valence-electron chi connectivity index (χ3n) is 1.51. The van der Waals surface area contributed by atoms with Gasteiger partial charge in [0.1, 0.15) is 4.60 Å². The predicted octanol–water partition coefficient (Wildman–Crippen LogP) is 2.38. The first-order valence-electron chi connectivity index (χ1n) is 3.64. The van der Waals surface area contributed by atoms with Crippen molar-refractivity contribution in [2.24, 2.45) is 0 Å². The van der Waals surface area contributed by atoms with Crippen molar-refractivity contribution in [1.29, 1.82) is 0 Å². The highest BCUT2D eigenvalue weighted by Gasteiger charge is 1.98. The van der Waals surface area contributed by atoms with Gasteiger partial charge in [-0.05, 0) is 34.0 Å². The Hall–Kier alpha value is -0.570. The van der Waals surface area contributed by atoms with Gasteiger partial charge in [0, 0.05) is 0 Å². The average Bonchev–Trinajstić information content (AvgIpc) is 1.98. The van der Waals surface area contributed by atoms with Crippen molar-refractivity contribution in [3.63, 3.8) is 0 Å². The standard InChI is InChI=1S/C8H11BrN2/c1-2-3-6-4-8(9)11-5-7(6)10/h4-5H,2-3,10H2,1H3. The number of hydrogen-bond donors (Lipinski definition) is 1. The van der Waals surface area contributed by atoms with Gasteiger partial charge in [0.15, 0.2) is 0 Å². The minimum atomic E-state index is 0.787. The van der Waals surface area contributed by atoms with Gasteiger partial charge < -0.3 is 5.73 Å². The summed E-state index contributed by atoms with van der Waals surface area (Å²) in [4.78, 5) is 4.01. The highest BCUT2D eigenvalue weighted by atomic mass is 79.9. The lowest BCUT2D eigenvalue weighted by Crippen LogP contribution is -1.95. The summed E-state index contributed by atoms with van der Waals surface area (Å²) in [6.45, 7) is 2.13. The predicted molar refractivity (Wildman–Crippen MR) is 50.3 cm³/mol. The molecule has 0 atom stereocenters. The molecule has 1 aromatic rings. The Labute approximate surface area is 75.0 Å². The number of aryl methyl sites for hydroxylation is 1. The molecule has 0 fully saturated rings. The number of halogens is 1. The van der Waals surface area contributed by atoms with Crippen LogP contribution in [0.25, 0.3) is 0 Å². The Kier molecular flexibility index (Phi) is 2.88. The van der Waals surface area contributed by atoms with E-state index in [1.165, 1.54) is 5.56 Å². The molecule has 0 spiro atoms. The SMILES string of the molecule is CCCc1cc(Br)ncc1N. The lowest BCUT2D eigenvalue weighted by molar-refractivity contribution is 0.919. The minimum Gasteiger partial charge on any atom is -0.397 e. The Morgan fingerprint density at radius 3 is 3.00 bits per heavy atom. The minimum absolute atomic E-state index is 0.787. The van der Waals surface area contributed by atoms with E-state index in [1.807, 2.05) is 6.07 Å². The molecule has 3 heteroatoms. The highest BCUT2D eigenvalue weighted by molar-refractivity contribution is 9.10. The summed E-state index contributed by atoms with van der Waals surface area (Å²) >= 11 is 3.30. The van der Waals surface area contributed by atoms with Crippen LogP contribution in [0.15, 0.2) is 16.9 Å². The van der Waals surface area contributed by atoms with E-state index in [1.54, 1.807) is 6.20 Å². The Morgan fingerprint density at radius 1 is 1.64 bits per heavy atom. The molecule has 1 heterocycles. The number of nitrogens with zero attached hydrogens (tertiary/aromatic N) is 1. The molecule has 0 radical (unpaired) electrons. The van der Waals surface area contributed by atoms with Gasteiger partial charge in [0.2, 0.25) is 0 Å². The number of pyridine rings is 1. The van der Waals surface area contributed by atoms with Crippen LogP contribution in [0.1, 0.15) is 18.9 Å². The number of aromatic nitrogens is 1. The monoisotopic (exact) mass is 214 g/mol. The zero-order valence-electron chi connectivity index (χ0n) is 6.47. The third kappa shape index (κ3) is 2.19. The van der Waals surface area contributed by atoms with E-state index in [0.717, 1.165) is 23.1 Å². The van der Waals surface area contributed by atoms with Crippen LogP contribution >= 0.6 is 15.9 Å². The zero-order valence-corrected chi connectivity index (χ0v) is 8.06. The van der Waals surface area contributed by atoms with Crippen LogP contribution in [0.3, 0.4) is 0 Å². The van der Waals surface area contributed by atoms with Crippen LogP contribution in [0, 0.1) is 0 Å². The smallest absolute Gasteiger partial charge is 0.106 e. The van der Waals surface area contributed by atoms with E-state index in [-0.39, 0.29) is 0 Å². The third-order valence-corrected chi connectivity index (χ3v) is 1.94. The van der Waals surface area contributed by atoms with Crippen molar-refractivity contribution in [1.82, 2.24) is 4.98 Å². The second kappa shape index (κ2) is 3.72. The maximum Gasteiger partial charge on any atom is 0.106 e. The molecule has 0 unspecified atom stereocenters. The van der Waals surface area contributed by atoms with E-state index in [4.69, 9.17) is 5.73 Å². The van der Waals surface area contributed by atoms with Crippen molar-refractivity contribution in [2.75, 3.05) is 5.73 Å². The maximum atomic E-state index is 5.69. The first kappa shape index (κ1) is 8.53. The van der Waals surface area contributed by atoms with E-state index >= 15 is 0 Å². The molecule has 2 N–H and O–H groups in total. The molecule has 0 aliphatic rings. The molecule has 0 amide bonds. The van der Waals surface area contributed by atoms with E-state index in [2.05, 4.69) is 27.8 Å². The molecule has 0 aromatic carbocycles. The van der Waals surface area contributed by atoms with Crippen molar-refractivity contribution in [2.45, 2.75) is 19.8 Å². The molecule has 0 aliphatic carbocycles. The van der Waals surface area contributed by atoms with Crippen LogP contribution in [0.4, 0.5) is 5.69 Å². The summed E-state index contributed by atoms with van der Waals surface area (Å²) in [5, 5.41) is 0. The molecule has 0 saturated heterocycles. The van der Waals surface area contributed by atoms with Crippen LogP contribution in [0.2, 0.25) is 0 Å². The molecule has 60 valence electrons. The fourth-order valence-corrected chi connectivity index (χ4v) is 1.34. The zero-order chi connectivity index (χ0) is 8.27. The van der Waals surface area contributed by atoms with Gasteiger partial charge in [0.05, 0.1) is 11.9 Å². The van der Waals surface area contributed by atoms with E-state index in [9.17, 15) is 0 Å². The molecule has 1 rings (SSSR count). The fraction of sp³-hybridized carbons (Fsp3) is 0.375. The molecule has 1 aromatic heterocycles. The lowest BCUT2D eigenvalue weighted by atomic mass is 10.1. The largest absolute Gasteiger partial charge is 0.397 e. The summed E-state index contributed by atoms with van der Waals surface area (Å²) in [6.07, 6.45) is 3.82. The van der Waals surface area contributed by atoms with Crippen molar-refractivity contribution in [3.8, 4) is 0 Å². The fourth-order valence-electron chi connectivity index (χ4n) is 0.964.